The molecule has 0 unspecified atom stereocenters. The lowest BCUT2D eigenvalue weighted by Gasteiger charge is -2.11. The number of rotatable bonds is 3. The van der Waals surface area contributed by atoms with Gasteiger partial charge in [0, 0.05) is 21.9 Å². The summed E-state index contributed by atoms with van der Waals surface area (Å²) >= 11 is 0. The molecule has 0 spiro atoms. The van der Waals surface area contributed by atoms with Gasteiger partial charge in [-0.3, -0.25) is 9.00 Å². The van der Waals surface area contributed by atoms with Gasteiger partial charge in [0.05, 0.1) is 22.9 Å². The van der Waals surface area contributed by atoms with E-state index >= 15 is 0 Å². The molecule has 5 nitrogen and oxygen atoms in total. The molecule has 2 heterocycles. The molecule has 0 aliphatic carbocycles. The van der Waals surface area contributed by atoms with Gasteiger partial charge in [-0.1, -0.05) is 17.7 Å². The summed E-state index contributed by atoms with van der Waals surface area (Å²) in [5.74, 6) is 0.581. The van der Waals surface area contributed by atoms with Crippen molar-refractivity contribution in [3.8, 4) is 5.69 Å². The first kappa shape index (κ1) is 16.7. The zero-order valence-corrected chi connectivity index (χ0v) is 14.8. The third-order valence-corrected chi connectivity index (χ3v) is 5.46. The number of carbonyl (C=O) groups excluding carboxylic acids is 1. The van der Waals surface area contributed by atoms with Crippen molar-refractivity contribution in [1.82, 2.24) is 9.78 Å². The molecule has 0 saturated heterocycles. The van der Waals surface area contributed by atoms with Crippen LogP contribution in [0.25, 0.3) is 5.69 Å². The maximum atomic E-state index is 13.2. The van der Waals surface area contributed by atoms with Crippen LogP contribution < -0.4 is 5.32 Å². The second-order valence-corrected chi connectivity index (χ2v) is 7.67. The number of nitrogens with one attached hydrogen (secondary N) is 1. The van der Waals surface area contributed by atoms with E-state index in [1.54, 1.807) is 28.9 Å². The molecule has 7 heteroatoms. The molecule has 3 aromatic rings. The van der Waals surface area contributed by atoms with E-state index in [1.807, 2.05) is 19.1 Å². The van der Waals surface area contributed by atoms with E-state index in [0.29, 0.717) is 34.3 Å². The van der Waals surface area contributed by atoms with E-state index in [1.165, 1.54) is 12.1 Å². The van der Waals surface area contributed by atoms with Crippen LogP contribution in [0.2, 0.25) is 0 Å². The quantitative estimate of drug-likeness (QED) is 0.770. The van der Waals surface area contributed by atoms with Crippen LogP contribution >= 0.6 is 0 Å². The van der Waals surface area contributed by atoms with Crippen LogP contribution in [0.15, 0.2) is 48.5 Å². The van der Waals surface area contributed by atoms with Gasteiger partial charge in [-0.05, 0) is 43.3 Å². The highest BCUT2D eigenvalue weighted by atomic mass is 32.2. The van der Waals surface area contributed by atoms with Crippen LogP contribution in [0.3, 0.4) is 0 Å². The number of amides is 1. The van der Waals surface area contributed by atoms with Crippen LogP contribution in [0.5, 0.6) is 0 Å². The summed E-state index contributed by atoms with van der Waals surface area (Å²) in [4.78, 5) is 12.7. The minimum absolute atomic E-state index is 0.266. The molecule has 2 aromatic carbocycles. The van der Waals surface area contributed by atoms with Crippen molar-refractivity contribution >= 4 is 22.5 Å². The lowest BCUT2D eigenvalue weighted by molar-refractivity contribution is 0.102. The van der Waals surface area contributed by atoms with Crippen LogP contribution in [0.1, 0.15) is 27.2 Å². The van der Waals surface area contributed by atoms with Crippen molar-refractivity contribution in [3.63, 3.8) is 0 Å². The highest BCUT2D eigenvalue weighted by molar-refractivity contribution is 7.83. The van der Waals surface area contributed by atoms with Crippen LogP contribution in [-0.4, -0.2) is 19.9 Å². The first-order valence-electron chi connectivity index (χ1n) is 8.11. The van der Waals surface area contributed by atoms with Crippen molar-refractivity contribution in [1.29, 1.82) is 0 Å². The van der Waals surface area contributed by atoms with E-state index in [0.717, 1.165) is 11.1 Å². The average Bonchev–Trinajstić information content (AvgIpc) is 3.13. The fraction of sp³-hybridized carbons (Fsp3) is 0.158. The third-order valence-electron chi connectivity index (χ3n) is 4.25. The van der Waals surface area contributed by atoms with Gasteiger partial charge in [0.15, 0.2) is 0 Å². The van der Waals surface area contributed by atoms with Crippen LogP contribution in [0.4, 0.5) is 10.2 Å². The molecule has 0 bridgehead atoms. The number of benzene rings is 2. The minimum Gasteiger partial charge on any atom is -0.306 e. The number of fused-ring (bicyclic) bond motifs is 1. The van der Waals surface area contributed by atoms with E-state index in [2.05, 4.69) is 10.4 Å². The van der Waals surface area contributed by atoms with Gasteiger partial charge >= 0.3 is 0 Å². The minimum atomic E-state index is -1.02. The Hall–Kier alpha value is -2.80. The van der Waals surface area contributed by atoms with Crippen molar-refractivity contribution in [2.24, 2.45) is 0 Å². The molecule has 1 atom stereocenters. The normalized spacial score (nSPS) is 15.7. The molecule has 0 saturated carbocycles. The third kappa shape index (κ3) is 3.06. The summed E-state index contributed by atoms with van der Waals surface area (Å²) in [6, 6.07) is 13.1. The summed E-state index contributed by atoms with van der Waals surface area (Å²) < 4.78 is 26.7. The first-order chi connectivity index (χ1) is 12.5. The van der Waals surface area contributed by atoms with Gasteiger partial charge in [-0.2, -0.15) is 5.10 Å². The predicted octanol–water partition coefficient (Wildman–Crippen LogP) is 3.33. The molecular weight excluding hydrogens is 353 g/mol. The van der Waals surface area contributed by atoms with Gasteiger partial charge in [0.25, 0.3) is 5.91 Å². The van der Waals surface area contributed by atoms with Gasteiger partial charge < -0.3 is 5.32 Å². The van der Waals surface area contributed by atoms with Gasteiger partial charge in [-0.25, -0.2) is 9.07 Å². The predicted molar refractivity (Wildman–Crippen MR) is 98.2 cm³/mol. The average molecular weight is 369 g/mol. The number of anilines is 1. The summed E-state index contributed by atoms with van der Waals surface area (Å²) in [5, 5.41) is 7.39. The van der Waals surface area contributed by atoms with Crippen molar-refractivity contribution in [2.75, 3.05) is 5.32 Å². The van der Waals surface area contributed by atoms with E-state index in [-0.39, 0.29) is 11.7 Å². The second-order valence-electron chi connectivity index (χ2n) is 6.21. The lowest BCUT2D eigenvalue weighted by Crippen LogP contribution is -2.16. The Morgan fingerprint density at radius 2 is 1.96 bits per heavy atom. The van der Waals surface area contributed by atoms with Crippen LogP contribution in [0, 0.1) is 12.7 Å². The number of nitrogens with zero attached hydrogens (tertiary/aromatic N) is 2. The fourth-order valence-corrected chi connectivity index (χ4v) is 4.26. The Morgan fingerprint density at radius 3 is 2.69 bits per heavy atom. The SMILES string of the molecule is Cc1cccc(C(=O)Nc2c3c(nn2-c2ccc(F)cc2)C[S@@](=O)C3)c1. The molecule has 0 fully saturated rings. The largest absolute Gasteiger partial charge is 0.306 e. The number of hydrogen-bond acceptors (Lipinski definition) is 3. The highest BCUT2D eigenvalue weighted by Gasteiger charge is 2.28. The molecule has 1 aromatic heterocycles. The number of halogens is 1. The van der Waals surface area contributed by atoms with Crippen LogP contribution in [-0.2, 0) is 22.3 Å². The topological polar surface area (TPSA) is 64.0 Å². The van der Waals surface area contributed by atoms with E-state index in [4.69, 9.17) is 0 Å². The number of aromatic nitrogens is 2. The summed E-state index contributed by atoms with van der Waals surface area (Å²) in [5.41, 5.74) is 3.62. The lowest BCUT2D eigenvalue weighted by atomic mass is 10.1. The first-order valence-corrected chi connectivity index (χ1v) is 9.60. The molecule has 26 heavy (non-hydrogen) atoms. The Bertz CT molecular complexity index is 1030. The number of aryl methyl sites for hydroxylation is 1. The monoisotopic (exact) mass is 369 g/mol. The Balaban J connectivity index is 1.75. The molecule has 1 aliphatic heterocycles. The zero-order chi connectivity index (χ0) is 18.3. The molecule has 1 N–H and O–H groups in total. The molecule has 1 aliphatic rings. The smallest absolute Gasteiger partial charge is 0.256 e. The summed E-state index contributed by atoms with van der Waals surface area (Å²) in [6.45, 7) is 1.92. The Labute approximate surface area is 152 Å². The zero-order valence-electron chi connectivity index (χ0n) is 14.0. The summed E-state index contributed by atoms with van der Waals surface area (Å²) in [7, 11) is -1.02. The Morgan fingerprint density at radius 1 is 1.19 bits per heavy atom. The Kier molecular flexibility index (Phi) is 4.16. The maximum absolute atomic E-state index is 13.2. The van der Waals surface area contributed by atoms with E-state index in [9.17, 15) is 13.4 Å². The standard InChI is InChI=1S/C19H16FN3O2S/c1-12-3-2-4-13(9-12)19(24)21-18-16-10-26(25)11-17(16)22-23(18)15-7-5-14(20)6-8-15/h2-9H,10-11H2,1H3,(H,21,24)/t26-/m0/s1. The molecule has 4 rings (SSSR count). The van der Waals surface area contributed by atoms with E-state index < -0.39 is 10.8 Å². The number of carbonyl (C=O) groups is 1. The molecule has 132 valence electrons. The number of hydrogen-bond donors (Lipinski definition) is 1. The van der Waals surface area contributed by atoms with Crippen molar-refractivity contribution < 1.29 is 13.4 Å². The molecule has 1 amide bonds. The van der Waals surface area contributed by atoms with Crippen molar-refractivity contribution in [2.45, 2.75) is 18.4 Å². The fourth-order valence-electron chi connectivity index (χ4n) is 2.99. The highest BCUT2D eigenvalue weighted by Crippen LogP contribution is 2.31. The molecular formula is C19H16FN3O2S. The van der Waals surface area contributed by atoms with Gasteiger partial charge in [0.2, 0.25) is 0 Å². The molecule has 0 radical (unpaired) electrons. The van der Waals surface area contributed by atoms with Crippen molar-refractivity contribution in [3.05, 3.63) is 76.7 Å². The van der Waals surface area contributed by atoms with Gasteiger partial charge in [-0.15, -0.1) is 0 Å². The van der Waals surface area contributed by atoms with Gasteiger partial charge in [0.1, 0.15) is 11.6 Å². The summed E-state index contributed by atoms with van der Waals surface area (Å²) in [6.07, 6.45) is 0. The second kappa shape index (κ2) is 6.49. The maximum Gasteiger partial charge on any atom is 0.256 e.